The molecule has 0 aromatic carbocycles. The van der Waals surface area contributed by atoms with E-state index in [2.05, 4.69) is 11.0 Å². The summed E-state index contributed by atoms with van der Waals surface area (Å²) in [6.45, 7) is 0. The molecular formula is C9H10N2. The van der Waals surface area contributed by atoms with Crippen molar-refractivity contribution in [2.45, 2.75) is 19.3 Å². The Morgan fingerprint density at radius 2 is 2.36 bits per heavy atom. The first kappa shape index (κ1) is 6.48. The largest absolute Gasteiger partial charge is 0.260 e. The van der Waals surface area contributed by atoms with Gasteiger partial charge in [0.15, 0.2) is 0 Å². The summed E-state index contributed by atoms with van der Waals surface area (Å²) in [5.41, 5.74) is 3.48. The van der Waals surface area contributed by atoms with Gasteiger partial charge in [0.2, 0.25) is 0 Å². The van der Waals surface area contributed by atoms with Crippen LogP contribution in [-0.4, -0.2) is 9.78 Å². The fourth-order valence-electron chi connectivity index (χ4n) is 1.70. The first-order chi connectivity index (χ1) is 5.33. The average molecular weight is 146 g/mol. The van der Waals surface area contributed by atoms with Gasteiger partial charge in [0, 0.05) is 12.6 Å². The third-order valence-electron chi connectivity index (χ3n) is 2.21. The zero-order chi connectivity index (χ0) is 7.84. The molecule has 0 atom stereocenters. The molecule has 11 heavy (non-hydrogen) atoms. The lowest BCUT2D eigenvalue weighted by molar-refractivity contribution is 0.719. The van der Waals surface area contributed by atoms with Gasteiger partial charge in [-0.3, -0.25) is 4.68 Å². The quantitative estimate of drug-likeness (QED) is 0.497. The molecule has 0 unspecified atom stereocenters. The second kappa shape index (κ2) is 2.13. The SMILES string of the molecule is C#Cc1c2c(nn1C)CCC2. The van der Waals surface area contributed by atoms with Crippen LogP contribution in [0, 0.1) is 12.3 Å². The third kappa shape index (κ3) is 0.775. The molecular weight excluding hydrogens is 136 g/mol. The number of hydrogen-bond donors (Lipinski definition) is 0. The Labute approximate surface area is 66.2 Å². The fraction of sp³-hybridized carbons (Fsp3) is 0.444. The van der Waals surface area contributed by atoms with Crippen molar-refractivity contribution in [3.63, 3.8) is 0 Å². The highest BCUT2D eigenvalue weighted by Crippen LogP contribution is 2.23. The van der Waals surface area contributed by atoms with E-state index in [9.17, 15) is 0 Å². The van der Waals surface area contributed by atoms with E-state index in [0.717, 1.165) is 18.5 Å². The summed E-state index contributed by atoms with van der Waals surface area (Å²) in [5, 5.41) is 4.34. The normalized spacial score (nSPS) is 14.5. The van der Waals surface area contributed by atoms with E-state index in [1.807, 2.05) is 11.7 Å². The molecule has 0 saturated carbocycles. The van der Waals surface area contributed by atoms with Crippen LogP contribution in [0.15, 0.2) is 0 Å². The molecule has 0 bridgehead atoms. The first-order valence-corrected chi connectivity index (χ1v) is 3.84. The highest BCUT2D eigenvalue weighted by Gasteiger charge is 2.18. The van der Waals surface area contributed by atoms with Crippen molar-refractivity contribution >= 4 is 0 Å². The van der Waals surface area contributed by atoms with Gasteiger partial charge in [-0.05, 0) is 19.3 Å². The van der Waals surface area contributed by atoms with Gasteiger partial charge in [0.25, 0.3) is 0 Å². The lowest BCUT2D eigenvalue weighted by Gasteiger charge is -1.93. The minimum atomic E-state index is 0.970. The van der Waals surface area contributed by atoms with Crippen molar-refractivity contribution in [3.05, 3.63) is 17.0 Å². The number of aryl methyl sites for hydroxylation is 2. The Hall–Kier alpha value is -1.23. The van der Waals surface area contributed by atoms with Crippen LogP contribution in [0.2, 0.25) is 0 Å². The maximum absolute atomic E-state index is 5.36. The standard InChI is InChI=1S/C9H10N2/c1-3-9-7-5-4-6-8(7)10-11(9)2/h1H,4-6H2,2H3. The van der Waals surface area contributed by atoms with Crippen molar-refractivity contribution in [1.29, 1.82) is 0 Å². The number of nitrogens with zero attached hydrogens (tertiary/aromatic N) is 2. The Balaban J connectivity index is 2.63. The lowest BCUT2D eigenvalue weighted by atomic mass is 10.2. The molecule has 0 amide bonds. The maximum Gasteiger partial charge on any atom is 0.114 e. The molecule has 0 radical (unpaired) electrons. The number of hydrogen-bond acceptors (Lipinski definition) is 1. The Kier molecular flexibility index (Phi) is 1.25. The monoisotopic (exact) mass is 146 g/mol. The van der Waals surface area contributed by atoms with Gasteiger partial charge in [-0.15, -0.1) is 6.42 Å². The summed E-state index contributed by atoms with van der Waals surface area (Å²) in [6.07, 6.45) is 8.79. The van der Waals surface area contributed by atoms with Gasteiger partial charge in [0.1, 0.15) is 5.69 Å². The van der Waals surface area contributed by atoms with E-state index in [1.54, 1.807) is 0 Å². The van der Waals surface area contributed by atoms with E-state index in [-0.39, 0.29) is 0 Å². The summed E-state index contributed by atoms with van der Waals surface area (Å²) in [5.74, 6) is 2.68. The Morgan fingerprint density at radius 3 is 3.09 bits per heavy atom. The summed E-state index contributed by atoms with van der Waals surface area (Å²) < 4.78 is 1.81. The molecule has 2 rings (SSSR count). The molecule has 1 aliphatic rings. The van der Waals surface area contributed by atoms with Crippen LogP contribution < -0.4 is 0 Å². The summed E-state index contributed by atoms with van der Waals surface area (Å²) in [7, 11) is 1.91. The predicted molar refractivity (Wildman–Crippen MR) is 43.2 cm³/mol. The minimum absolute atomic E-state index is 0.970. The molecule has 1 aromatic heterocycles. The lowest BCUT2D eigenvalue weighted by Crippen LogP contribution is -1.96. The second-order valence-electron chi connectivity index (χ2n) is 2.90. The van der Waals surface area contributed by atoms with Crippen LogP contribution in [0.1, 0.15) is 23.4 Å². The number of rotatable bonds is 0. The van der Waals surface area contributed by atoms with Gasteiger partial charge in [-0.1, -0.05) is 5.92 Å². The van der Waals surface area contributed by atoms with Crippen LogP contribution in [0.4, 0.5) is 0 Å². The molecule has 0 aliphatic heterocycles. The number of fused-ring (bicyclic) bond motifs is 1. The van der Waals surface area contributed by atoms with Crippen LogP contribution >= 0.6 is 0 Å². The topological polar surface area (TPSA) is 17.8 Å². The Morgan fingerprint density at radius 1 is 1.55 bits per heavy atom. The maximum atomic E-state index is 5.36. The molecule has 2 heteroatoms. The highest BCUT2D eigenvalue weighted by molar-refractivity contribution is 5.39. The fourth-order valence-corrected chi connectivity index (χ4v) is 1.70. The van der Waals surface area contributed by atoms with Crippen LogP contribution in [0.5, 0.6) is 0 Å². The van der Waals surface area contributed by atoms with Crippen molar-refractivity contribution in [3.8, 4) is 12.3 Å². The van der Waals surface area contributed by atoms with E-state index >= 15 is 0 Å². The number of terminal acetylenes is 1. The van der Waals surface area contributed by atoms with Gasteiger partial charge < -0.3 is 0 Å². The van der Waals surface area contributed by atoms with E-state index < -0.39 is 0 Å². The molecule has 1 aliphatic carbocycles. The minimum Gasteiger partial charge on any atom is -0.260 e. The molecule has 0 fully saturated rings. The van der Waals surface area contributed by atoms with Crippen LogP contribution in [0.3, 0.4) is 0 Å². The van der Waals surface area contributed by atoms with E-state index in [0.29, 0.717) is 0 Å². The molecule has 0 N–H and O–H groups in total. The summed E-state index contributed by atoms with van der Waals surface area (Å²) in [6, 6.07) is 0. The number of aromatic nitrogens is 2. The molecule has 56 valence electrons. The van der Waals surface area contributed by atoms with Crippen LogP contribution in [-0.2, 0) is 19.9 Å². The van der Waals surface area contributed by atoms with Crippen molar-refractivity contribution < 1.29 is 0 Å². The van der Waals surface area contributed by atoms with Gasteiger partial charge >= 0.3 is 0 Å². The van der Waals surface area contributed by atoms with Crippen molar-refractivity contribution in [2.75, 3.05) is 0 Å². The van der Waals surface area contributed by atoms with Crippen molar-refractivity contribution in [1.82, 2.24) is 9.78 Å². The molecule has 1 aromatic rings. The summed E-state index contributed by atoms with van der Waals surface area (Å²) >= 11 is 0. The highest BCUT2D eigenvalue weighted by atomic mass is 15.3. The second-order valence-corrected chi connectivity index (χ2v) is 2.90. The zero-order valence-electron chi connectivity index (χ0n) is 6.59. The molecule has 0 saturated heterocycles. The predicted octanol–water partition coefficient (Wildman–Crippen LogP) is 0.890. The third-order valence-corrected chi connectivity index (χ3v) is 2.21. The van der Waals surface area contributed by atoms with Gasteiger partial charge in [-0.2, -0.15) is 5.10 Å². The van der Waals surface area contributed by atoms with E-state index in [1.165, 1.54) is 17.7 Å². The van der Waals surface area contributed by atoms with Crippen LogP contribution in [0.25, 0.3) is 0 Å². The smallest absolute Gasteiger partial charge is 0.114 e. The van der Waals surface area contributed by atoms with Gasteiger partial charge in [-0.25, -0.2) is 0 Å². The van der Waals surface area contributed by atoms with E-state index in [4.69, 9.17) is 6.42 Å². The van der Waals surface area contributed by atoms with Gasteiger partial charge in [0.05, 0.1) is 5.69 Å². The Bertz CT molecular complexity index is 328. The average Bonchev–Trinajstić information content (AvgIpc) is 2.46. The van der Waals surface area contributed by atoms with Crippen molar-refractivity contribution in [2.24, 2.45) is 7.05 Å². The summed E-state index contributed by atoms with van der Waals surface area (Å²) in [4.78, 5) is 0. The first-order valence-electron chi connectivity index (χ1n) is 3.84. The zero-order valence-corrected chi connectivity index (χ0v) is 6.59. The molecule has 0 spiro atoms. The molecule has 1 heterocycles. The molecule has 2 nitrogen and oxygen atoms in total.